The number of piperazine rings is 1. The fourth-order valence-corrected chi connectivity index (χ4v) is 3.33. The van der Waals surface area contributed by atoms with Gasteiger partial charge in [0.05, 0.1) is 5.56 Å². The molecule has 1 saturated carbocycles. The molecule has 0 atom stereocenters. The average molecular weight is 274 g/mol. The van der Waals surface area contributed by atoms with E-state index < -0.39 is 0 Å². The molecule has 20 heavy (non-hydrogen) atoms. The van der Waals surface area contributed by atoms with Gasteiger partial charge >= 0.3 is 0 Å². The number of hydrogen-bond donors (Lipinski definition) is 1. The lowest BCUT2D eigenvalue weighted by molar-refractivity contribution is 0.0574. The third-order valence-electron chi connectivity index (χ3n) is 4.51. The van der Waals surface area contributed by atoms with Crippen LogP contribution in [0.1, 0.15) is 36.0 Å². The normalized spacial score (nSPS) is 21.3. The smallest absolute Gasteiger partial charge is 0.257 e. The van der Waals surface area contributed by atoms with Crippen LogP contribution in [0, 0.1) is 0 Å². The van der Waals surface area contributed by atoms with Gasteiger partial charge in [0.2, 0.25) is 0 Å². The van der Waals surface area contributed by atoms with Crippen LogP contribution in [0.2, 0.25) is 0 Å². The highest BCUT2D eigenvalue weighted by Crippen LogP contribution is 2.24. The van der Waals surface area contributed by atoms with Crippen LogP contribution in [0.3, 0.4) is 0 Å². The van der Waals surface area contributed by atoms with Crippen LogP contribution < -0.4 is 5.73 Å². The summed E-state index contributed by atoms with van der Waals surface area (Å²) in [5.74, 6) is 0.345. The summed E-state index contributed by atoms with van der Waals surface area (Å²) in [6, 6.07) is 4.27. The second-order valence-corrected chi connectivity index (χ2v) is 5.70. The molecule has 108 valence electrons. The van der Waals surface area contributed by atoms with Gasteiger partial charge in [-0.1, -0.05) is 12.8 Å². The van der Waals surface area contributed by atoms with Crippen molar-refractivity contribution < 1.29 is 4.79 Å². The molecule has 0 unspecified atom stereocenters. The number of pyridine rings is 1. The Labute approximate surface area is 119 Å². The van der Waals surface area contributed by atoms with Crippen molar-refractivity contribution in [3.63, 3.8) is 0 Å². The first-order chi connectivity index (χ1) is 9.75. The first kappa shape index (κ1) is 13.4. The molecular weight excluding hydrogens is 252 g/mol. The summed E-state index contributed by atoms with van der Waals surface area (Å²) in [5, 5.41) is 0. The Balaban J connectivity index is 1.60. The van der Waals surface area contributed by atoms with E-state index in [2.05, 4.69) is 9.88 Å². The van der Waals surface area contributed by atoms with Crippen molar-refractivity contribution in [2.75, 3.05) is 31.9 Å². The number of nitrogens with two attached hydrogens (primary N) is 1. The summed E-state index contributed by atoms with van der Waals surface area (Å²) in [7, 11) is 0. The summed E-state index contributed by atoms with van der Waals surface area (Å²) in [6.45, 7) is 3.56. The van der Waals surface area contributed by atoms with Gasteiger partial charge in [0, 0.05) is 38.4 Å². The highest BCUT2D eigenvalue weighted by atomic mass is 16.2. The lowest BCUT2D eigenvalue weighted by atomic mass is 10.1. The van der Waals surface area contributed by atoms with Crippen molar-refractivity contribution in [2.45, 2.75) is 31.7 Å². The lowest BCUT2D eigenvalue weighted by Gasteiger charge is -2.38. The minimum Gasteiger partial charge on any atom is -0.383 e. The van der Waals surface area contributed by atoms with E-state index in [0.29, 0.717) is 11.4 Å². The summed E-state index contributed by atoms with van der Waals surface area (Å²) < 4.78 is 0. The highest BCUT2D eigenvalue weighted by molar-refractivity contribution is 5.98. The van der Waals surface area contributed by atoms with Crippen molar-refractivity contribution in [2.24, 2.45) is 0 Å². The predicted octanol–water partition coefficient (Wildman–Crippen LogP) is 1.36. The number of carbonyl (C=O) groups excluding carboxylic acids is 1. The summed E-state index contributed by atoms with van der Waals surface area (Å²) >= 11 is 0. The van der Waals surface area contributed by atoms with Crippen LogP contribution >= 0.6 is 0 Å². The first-order valence-electron chi connectivity index (χ1n) is 7.49. The maximum absolute atomic E-state index is 12.4. The number of nitrogens with zero attached hydrogens (tertiary/aromatic N) is 3. The van der Waals surface area contributed by atoms with Crippen molar-refractivity contribution in [1.82, 2.24) is 14.8 Å². The van der Waals surface area contributed by atoms with Crippen LogP contribution in [0.25, 0.3) is 0 Å². The van der Waals surface area contributed by atoms with Crippen molar-refractivity contribution in [1.29, 1.82) is 0 Å². The number of nitrogen functional groups attached to an aromatic ring is 1. The Bertz CT molecular complexity index is 477. The van der Waals surface area contributed by atoms with E-state index in [0.717, 1.165) is 32.2 Å². The molecule has 1 amide bonds. The van der Waals surface area contributed by atoms with Crippen molar-refractivity contribution >= 4 is 11.7 Å². The number of aromatic nitrogens is 1. The molecule has 2 aliphatic rings. The van der Waals surface area contributed by atoms with Gasteiger partial charge in [-0.3, -0.25) is 9.69 Å². The van der Waals surface area contributed by atoms with Crippen molar-refractivity contribution in [3.05, 3.63) is 23.9 Å². The van der Waals surface area contributed by atoms with Crippen LogP contribution in [0.5, 0.6) is 0 Å². The van der Waals surface area contributed by atoms with Gasteiger partial charge in [-0.25, -0.2) is 4.98 Å². The molecule has 1 aliphatic carbocycles. The SMILES string of the molecule is Nc1ncccc1C(=O)N1CCN(C2CCCC2)CC1. The lowest BCUT2D eigenvalue weighted by Crippen LogP contribution is -2.51. The predicted molar refractivity (Wildman–Crippen MR) is 78.4 cm³/mol. The molecule has 1 aromatic heterocycles. The Morgan fingerprint density at radius 1 is 1.20 bits per heavy atom. The first-order valence-corrected chi connectivity index (χ1v) is 7.49. The monoisotopic (exact) mass is 274 g/mol. The maximum Gasteiger partial charge on any atom is 0.257 e. The van der Waals surface area contributed by atoms with Crippen LogP contribution in [-0.4, -0.2) is 52.9 Å². The van der Waals surface area contributed by atoms with E-state index in [1.807, 2.05) is 4.90 Å². The third-order valence-corrected chi connectivity index (χ3v) is 4.51. The molecule has 1 saturated heterocycles. The second kappa shape index (κ2) is 5.79. The summed E-state index contributed by atoms with van der Waals surface area (Å²) in [5.41, 5.74) is 6.32. The molecule has 5 nitrogen and oxygen atoms in total. The van der Waals surface area contributed by atoms with Gasteiger partial charge in [0.1, 0.15) is 5.82 Å². The fourth-order valence-electron chi connectivity index (χ4n) is 3.33. The van der Waals surface area contributed by atoms with E-state index >= 15 is 0 Å². The van der Waals surface area contributed by atoms with Crippen LogP contribution in [-0.2, 0) is 0 Å². The third kappa shape index (κ3) is 2.63. The molecule has 3 rings (SSSR count). The number of carbonyl (C=O) groups is 1. The molecule has 5 heteroatoms. The number of amides is 1. The molecule has 1 aliphatic heterocycles. The molecule has 0 spiro atoms. The van der Waals surface area contributed by atoms with Gasteiger partial charge in [0.15, 0.2) is 0 Å². The van der Waals surface area contributed by atoms with Gasteiger partial charge < -0.3 is 10.6 Å². The van der Waals surface area contributed by atoms with Gasteiger partial charge in [-0.05, 0) is 25.0 Å². The Morgan fingerprint density at radius 3 is 2.55 bits per heavy atom. The minimum absolute atomic E-state index is 0.0154. The minimum atomic E-state index is 0.0154. The number of rotatable bonds is 2. The standard InChI is InChI=1S/C15H22N4O/c16-14-13(6-3-7-17-14)15(20)19-10-8-18(9-11-19)12-4-1-2-5-12/h3,6-7,12H,1-2,4-5,8-11H2,(H2,16,17). The topological polar surface area (TPSA) is 62.5 Å². The number of anilines is 1. The van der Waals surface area contributed by atoms with Gasteiger partial charge in [-0.15, -0.1) is 0 Å². The zero-order valence-corrected chi connectivity index (χ0v) is 11.8. The largest absolute Gasteiger partial charge is 0.383 e. The van der Waals surface area contributed by atoms with Crippen LogP contribution in [0.15, 0.2) is 18.3 Å². The Kier molecular flexibility index (Phi) is 3.87. The molecule has 2 N–H and O–H groups in total. The molecule has 1 aromatic rings. The van der Waals surface area contributed by atoms with Crippen molar-refractivity contribution in [3.8, 4) is 0 Å². The van der Waals surface area contributed by atoms with Crippen LogP contribution in [0.4, 0.5) is 5.82 Å². The number of hydrogen-bond acceptors (Lipinski definition) is 4. The van der Waals surface area contributed by atoms with Gasteiger partial charge in [-0.2, -0.15) is 0 Å². The molecule has 2 fully saturated rings. The Hall–Kier alpha value is -1.62. The second-order valence-electron chi connectivity index (χ2n) is 5.70. The van der Waals surface area contributed by atoms with E-state index in [4.69, 9.17) is 5.73 Å². The Morgan fingerprint density at radius 2 is 1.90 bits per heavy atom. The molecular formula is C15H22N4O. The molecule has 0 radical (unpaired) electrons. The van der Waals surface area contributed by atoms with Gasteiger partial charge in [0.25, 0.3) is 5.91 Å². The fraction of sp³-hybridized carbons (Fsp3) is 0.600. The maximum atomic E-state index is 12.4. The van der Waals surface area contributed by atoms with E-state index in [1.165, 1.54) is 25.7 Å². The zero-order chi connectivity index (χ0) is 13.9. The summed E-state index contributed by atoms with van der Waals surface area (Å²) in [4.78, 5) is 20.9. The van der Waals surface area contributed by atoms with E-state index in [-0.39, 0.29) is 5.91 Å². The molecule has 2 heterocycles. The van der Waals surface area contributed by atoms with E-state index in [1.54, 1.807) is 18.3 Å². The molecule has 0 aromatic carbocycles. The molecule has 0 bridgehead atoms. The van der Waals surface area contributed by atoms with E-state index in [9.17, 15) is 4.79 Å². The average Bonchev–Trinajstić information content (AvgIpc) is 3.01. The summed E-state index contributed by atoms with van der Waals surface area (Å²) in [6.07, 6.45) is 6.98. The zero-order valence-electron chi connectivity index (χ0n) is 11.8. The highest BCUT2D eigenvalue weighted by Gasteiger charge is 2.28. The quantitative estimate of drug-likeness (QED) is 0.884.